The zero-order chi connectivity index (χ0) is 18.7. The first-order chi connectivity index (χ1) is 11.5. The van der Waals surface area contributed by atoms with Crippen molar-refractivity contribution in [3.05, 3.63) is 59.9 Å². The molecule has 134 valence electrons. The minimum absolute atomic E-state index is 0.293. The molecule has 2 aromatic rings. The number of anilines is 1. The lowest BCUT2D eigenvalue weighted by atomic mass is 9.94. The van der Waals surface area contributed by atoms with Crippen LogP contribution in [0.25, 0.3) is 0 Å². The standard InChI is InChI=1S/C17H16F4N2O2/c1-16(2,11-3-5-12(18)6-4-11)23-15(24)22-13-7-9-14(10-8-13)25-17(19,20)21/h3-10H,1-2H3,(H2,22,23,24). The molecule has 0 aromatic heterocycles. The normalized spacial score (nSPS) is 11.8. The van der Waals surface area contributed by atoms with Gasteiger partial charge >= 0.3 is 12.4 Å². The summed E-state index contributed by atoms with van der Waals surface area (Å²) in [6.07, 6.45) is -4.77. The molecule has 0 unspecified atom stereocenters. The molecule has 2 N–H and O–H groups in total. The molecule has 0 aliphatic rings. The fraction of sp³-hybridized carbons (Fsp3) is 0.235. The van der Waals surface area contributed by atoms with Crippen molar-refractivity contribution in [3.63, 3.8) is 0 Å². The molecule has 0 aliphatic carbocycles. The predicted octanol–water partition coefficient (Wildman–Crippen LogP) is 4.78. The number of carbonyl (C=O) groups is 1. The average Bonchev–Trinajstić information content (AvgIpc) is 2.47. The molecule has 2 amide bonds. The summed E-state index contributed by atoms with van der Waals surface area (Å²) in [6, 6.07) is 9.88. The number of alkyl halides is 3. The lowest BCUT2D eigenvalue weighted by Crippen LogP contribution is -2.43. The van der Waals surface area contributed by atoms with Crippen LogP contribution < -0.4 is 15.4 Å². The molecule has 0 aliphatic heterocycles. The van der Waals surface area contributed by atoms with Crippen molar-refractivity contribution in [1.29, 1.82) is 0 Å². The summed E-state index contributed by atoms with van der Waals surface area (Å²) in [7, 11) is 0. The van der Waals surface area contributed by atoms with Gasteiger partial charge in [0.2, 0.25) is 0 Å². The molecule has 0 saturated heterocycles. The molecule has 0 spiro atoms. The van der Waals surface area contributed by atoms with Gasteiger partial charge in [-0.05, 0) is 55.8 Å². The number of urea groups is 1. The summed E-state index contributed by atoms with van der Waals surface area (Å²) in [5.41, 5.74) is 0.205. The second-order valence-corrected chi connectivity index (χ2v) is 5.78. The number of carbonyl (C=O) groups excluding carboxylic acids is 1. The second kappa shape index (κ2) is 7.00. The molecule has 0 atom stereocenters. The van der Waals surface area contributed by atoms with E-state index in [4.69, 9.17) is 0 Å². The minimum atomic E-state index is -4.77. The summed E-state index contributed by atoms with van der Waals surface area (Å²) in [5, 5.41) is 5.22. The first-order valence-electron chi connectivity index (χ1n) is 7.26. The SMILES string of the molecule is CC(C)(NC(=O)Nc1ccc(OC(F)(F)F)cc1)c1ccc(F)cc1. The Hall–Kier alpha value is -2.77. The van der Waals surface area contributed by atoms with Gasteiger partial charge in [0.1, 0.15) is 11.6 Å². The van der Waals surface area contributed by atoms with Crippen molar-refractivity contribution in [2.75, 3.05) is 5.32 Å². The smallest absolute Gasteiger partial charge is 0.406 e. The van der Waals surface area contributed by atoms with Crippen LogP contribution in [0.2, 0.25) is 0 Å². The Morgan fingerprint density at radius 2 is 1.52 bits per heavy atom. The molecule has 0 saturated carbocycles. The third kappa shape index (κ3) is 5.66. The van der Waals surface area contributed by atoms with Crippen molar-refractivity contribution < 1.29 is 27.1 Å². The van der Waals surface area contributed by atoms with E-state index in [1.807, 2.05) is 0 Å². The third-order valence-corrected chi connectivity index (χ3v) is 3.34. The van der Waals surface area contributed by atoms with Crippen LogP contribution in [0.5, 0.6) is 5.75 Å². The summed E-state index contributed by atoms with van der Waals surface area (Å²) in [4.78, 5) is 12.1. The van der Waals surface area contributed by atoms with Crippen LogP contribution in [-0.2, 0) is 5.54 Å². The van der Waals surface area contributed by atoms with Crippen molar-refractivity contribution in [2.45, 2.75) is 25.7 Å². The van der Waals surface area contributed by atoms with Gasteiger partial charge in [-0.25, -0.2) is 9.18 Å². The van der Waals surface area contributed by atoms with E-state index in [9.17, 15) is 22.4 Å². The van der Waals surface area contributed by atoms with Crippen LogP contribution in [0.3, 0.4) is 0 Å². The minimum Gasteiger partial charge on any atom is -0.406 e. The van der Waals surface area contributed by atoms with E-state index >= 15 is 0 Å². The van der Waals surface area contributed by atoms with Crippen LogP contribution in [-0.4, -0.2) is 12.4 Å². The van der Waals surface area contributed by atoms with Gasteiger partial charge in [0.15, 0.2) is 0 Å². The number of nitrogens with one attached hydrogen (secondary N) is 2. The molecule has 0 heterocycles. The van der Waals surface area contributed by atoms with E-state index in [2.05, 4.69) is 15.4 Å². The zero-order valence-corrected chi connectivity index (χ0v) is 13.4. The Kier molecular flexibility index (Phi) is 5.20. The topological polar surface area (TPSA) is 50.4 Å². The summed E-state index contributed by atoms with van der Waals surface area (Å²) < 4.78 is 53.0. The summed E-state index contributed by atoms with van der Waals surface area (Å²) in [5.74, 6) is -0.768. The Balaban J connectivity index is 1.98. The highest BCUT2D eigenvalue weighted by Crippen LogP contribution is 2.24. The number of hydrogen-bond acceptors (Lipinski definition) is 2. The molecule has 0 bridgehead atoms. The largest absolute Gasteiger partial charge is 0.573 e. The van der Waals surface area contributed by atoms with Gasteiger partial charge in [-0.1, -0.05) is 12.1 Å². The molecular formula is C17H16F4N2O2. The summed E-state index contributed by atoms with van der Waals surface area (Å²) >= 11 is 0. The van der Waals surface area contributed by atoms with E-state index in [1.54, 1.807) is 26.0 Å². The van der Waals surface area contributed by atoms with Crippen molar-refractivity contribution in [2.24, 2.45) is 0 Å². The first kappa shape index (κ1) is 18.6. The van der Waals surface area contributed by atoms with Gasteiger partial charge in [0.05, 0.1) is 5.54 Å². The van der Waals surface area contributed by atoms with E-state index in [0.29, 0.717) is 11.3 Å². The number of ether oxygens (including phenoxy) is 1. The van der Waals surface area contributed by atoms with Crippen LogP contribution in [0, 0.1) is 5.82 Å². The van der Waals surface area contributed by atoms with Crippen LogP contribution in [0.1, 0.15) is 19.4 Å². The maximum absolute atomic E-state index is 13.0. The van der Waals surface area contributed by atoms with Gasteiger partial charge in [0.25, 0.3) is 0 Å². The van der Waals surface area contributed by atoms with Crippen LogP contribution >= 0.6 is 0 Å². The molecule has 8 heteroatoms. The summed E-state index contributed by atoms with van der Waals surface area (Å²) in [6.45, 7) is 3.47. The highest BCUT2D eigenvalue weighted by Gasteiger charge is 2.31. The lowest BCUT2D eigenvalue weighted by Gasteiger charge is -2.27. The number of halogens is 4. The second-order valence-electron chi connectivity index (χ2n) is 5.78. The highest BCUT2D eigenvalue weighted by molar-refractivity contribution is 5.89. The van der Waals surface area contributed by atoms with Gasteiger partial charge in [-0.15, -0.1) is 13.2 Å². The average molecular weight is 356 g/mol. The van der Waals surface area contributed by atoms with Gasteiger partial charge in [-0.3, -0.25) is 0 Å². The molecule has 25 heavy (non-hydrogen) atoms. The highest BCUT2D eigenvalue weighted by atomic mass is 19.4. The van der Waals surface area contributed by atoms with E-state index in [-0.39, 0.29) is 11.6 Å². The fourth-order valence-electron chi connectivity index (χ4n) is 2.12. The monoisotopic (exact) mass is 356 g/mol. The number of amides is 2. The lowest BCUT2D eigenvalue weighted by molar-refractivity contribution is -0.274. The molecule has 4 nitrogen and oxygen atoms in total. The Morgan fingerprint density at radius 1 is 0.960 bits per heavy atom. The molecule has 0 fully saturated rings. The zero-order valence-electron chi connectivity index (χ0n) is 13.4. The first-order valence-corrected chi connectivity index (χ1v) is 7.26. The predicted molar refractivity (Wildman–Crippen MR) is 84.7 cm³/mol. The quantitative estimate of drug-likeness (QED) is 0.775. The van der Waals surface area contributed by atoms with Crippen molar-refractivity contribution in [1.82, 2.24) is 5.32 Å². The van der Waals surface area contributed by atoms with E-state index < -0.39 is 17.9 Å². The van der Waals surface area contributed by atoms with Gasteiger partial charge in [0, 0.05) is 5.69 Å². The molecule has 2 rings (SSSR count). The van der Waals surface area contributed by atoms with Crippen LogP contribution in [0.15, 0.2) is 48.5 Å². The van der Waals surface area contributed by atoms with E-state index in [0.717, 1.165) is 12.1 Å². The van der Waals surface area contributed by atoms with Gasteiger partial charge < -0.3 is 15.4 Å². The number of benzene rings is 2. The Labute approximate surface area is 141 Å². The molecule has 2 aromatic carbocycles. The van der Waals surface area contributed by atoms with Crippen LogP contribution in [0.4, 0.5) is 28.0 Å². The fourth-order valence-corrected chi connectivity index (χ4v) is 2.12. The molecule has 0 radical (unpaired) electrons. The maximum atomic E-state index is 13.0. The molecular weight excluding hydrogens is 340 g/mol. The third-order valence-electron chi connectivity index (χ3n) is 3.34. The maximum Gasteiger partial charge on any atom is 0.573 e. The Morgan fingerprint density at radius 3 is 2.04 bits per heavy atom. The van der Waals surface area contributed by atoms with Crippen molar-refractivity contribution >= 4 is 11.7 Å². The number of rotatable bonds is 4. The van der Waals surface area contributed by atoms with Gasteiger partial charge in [-0.2, -0.15) is 0 Å². The Bertz CT molecular complexity index is 726. The number of hydrogen-bond donors (Lipinski definition) is 2. The van der Waals surface area contributed by atoms with Crippen molar-refractivity contribution in [3.8, 4) is 5.75 Å². The van der Waals surface area contributed by atoms with E-state index in [1.165, 1.54) is 24.3 Å².